The average molecular weight is 330 g/mol. The molecule has 0 aliphatic heterocycles. The van der Waals surface area contributed by atoms with Crippen molar-refractivity contribution in [1.29, 1.82) is 0 Å². The molecule has 2 aromatic heterocycles. The summed E-state index contributed by atoms with van der Waals surface area (Å²) < 4.78 is 21.3. The molecule has 0 radical (unpaired) electrons. The van der Waals surface area contributed by atoms with Gasteiger partial charge in [0.15, 0.2) is 5.75 Å². The van der Waals surface area contributed by atoms with Gasteiger partial charge < -0.3 is 4.74 Å². The molecule has 0 N–H and O–H groups in total. The summed E-state index contributed by atoms with van der Waals surface area (Å²) in [5, 5.41) is 4.93. The minimum absolute atomic E-state index is 0.304. The molecule has 23 heavy (non-hydrogen) atoms. The van der Waals surface area contributed by atoms with E-state index in [-0.39, 0.29) is 5.82 Å². The zero-order valence-electron chi connectivity index (χ0n) is 12.1. The normalized spacial score (nSPS) is 14.0. The highest BCUT2D eigenvalue weighted by molar-refractivity contribution is 6.29. The van der Waals surface area contributed by atoms with E-state index in [0.29, 0.717) is 34.0 Å². The fourth-order valence-corrected chi connectivity index (χ4v) is 2.55. The zero-order chi connectivity index (χ0) is 15.8. The first-order chi connectivity index (χ1) is 11.2. The molecule has 4 nitrogen and oxygen atoms in total. The number of hydrogen-bond acceptors (Lipinski definition) is 3. The van der Waals surface area contributed by atoms with Crippen molar-refractivity contribution in [3.63, 3.8) is 0 Å². The second-order valence-corrected chi connectivity index (χ2v) is 5.87. The van der Waals surface area contributed by atoms with E-state index < -0.39 is 0 Å². The predicted molar refractivity (Wildman–Crippen MR) is 85.2 cm³/mol. The smallest absolute Gasteiger partial charge is 0.173 e. The Hall–Kier alpha value is -2.40. The molecule has 1 aliphatic rings. The molecule has 0 amide bonds. The number of rotatable bonds is 4. The number of ether oxygens (including phenoxy) is 1. The third kappa shape index (κ3) is 3.05. The van der Waals surface area contributed by atoms with Crippen LogP contribution in [0.2, 0.25) is 5.15 Å². The van der Waals surface area contributed by atoms with E-state index in [4.69, 9.17) is 16.3 Å². The Morgan fingerprint density at radius 2 is 2.09 bits per heavy atom. The number of halogens is 2. The fourth-order valence-electron chi connectivity index (χ4n) is 2.39. The van der Waals surface area contributed by atoms with Crippen molar-refractivity contribution in [3.8, 4) is 22.8 Å². The van der Waals surface area contributed by atoms with Crippen molar-refractivity contribution in [3.05, 3.63) is 59.8 Å². The summed E-state index contributed by atoms with van der Waals surface area (Å²) in [5.74, 6) is 0.837. The second-order valence-electron chi connectivity index (χ2n) is 5.48. The van der Waals surface area contributed by atoms with E-state index in [1.165, 1.54) is 12.1 Å². The topological polar surface area (TPSA) is 39.9 Å². The summed E-state index contributed by atoms with van der Waals surface area (Å²) in [6.45, 7) is 0. The van der Waals surface area contributed by atoms with Gasteiger partial charge in [0.25, 0.3) is 0 Å². The van der Waals surface area contributed by atoms with Crippen LogP contribution in [0.3, 0.4) is 0 Å². The molecule has 0 unspecified atom stereocenters. The fraction of sp³-hybridized carbons (Fsp3) is 0.176. The lowest BCUT2D eigenvalue weighted by atomic mass is 10.1. The third-order valence-electron chi connectivity index (χ3n) is 3.64. The van der Waals surface area contributed by atoms with Gasteiger partial charge >= 0.3 is 0 Å². The molecule has 0 atom stereocenters. The van der Waals surface area contributed by atoms with Gasteiger partial charge in [0.05, 0.1) is 12.2 Å². The van der Waals surface area contributed by atoms with E-state index in [2.05, 4.69) is 10.1 Å². The van der Waals surface area contributed by atoms with E-state index in [9.17, 15) is 4.39 Å². The molecular weight excluding hydrogens is 317 g/mol. The number of aromatic nitrogens is 3. The van der Waals surface area contributed by atoms with Crippen LogP contribution in [-0.2, 0) is 0 Å². The first kappa shape index (κ1) is 14.2. The molecular formula is C17H13ClFN3O. The summed E-state index contributed by atoms with van der Waals surface area (Å²) in [6.07, 6.45) is 5.63. The molecule has 1 aromatic carbocycles. The average Bonchev–Trinajstić information content (AvgIpc) is 3.29. The molecule has 4 rings (SSSR count). The molecule has 3 aromatic rings. The van der Waals surface area contributed by atoms with Gasteiger partial charge in [-0.25, -0.2) is 9.37 Å². The summed E-state index contributed by atoms with van der Waals surface area (Å²) in [7, 11) is 0. The lowest BCUT2D eigenvalue weighted by molar-refractivity contribution is 0.481. The first-order valence-corrected chi connectivity index (χ1v) is 7.71. The van der Waals surface area contributed by atoms with Gasteiger partial charge in [-0.15, -0.1) is 0 Å². The lowest BCUT2D eigenvalue weighted by Crippen LogP contribution is -1.93. The number of hydrogen-bond donors (Lipinski definition) is 0. The molecule has 6 heteroatoms. The largest absolute Gasteiger partial charge is 0.453 e. The number of benzene rings is 1. The standard InChI is InChI=1S/C17H13ClFN3O/c18-16-9-14(6-7-20-16)23-15-10-22(13-4-5-13)21-17(15)11-2-1-3-12(19)8-11/h1-3,6-10,13H,4-5H2. The van der Waals surface area contributed by atoms with Crippen molar-refractivity contribution in [1.82, 2.24) is 14.8 Å². The van der Waals surface area contributed by atoms with Crippen molar-refractivity contribution in [2.45, 2.75) is 18.9 Å². The van der Waals surface area contributed by atoms with Crippen molar-refractivity contribution in [2.75, 3.05) is 0 Å². The van der Waals surface area contributed by atoms with Crippen LogP contribution in [0.25, 0.3) is 11.3 Å². The van der Waals surface area contributed by atoms with Crippen LogP contribution in [0, 0.1) is 5.82 Å². The molecule has 116 valence electrons. The summed E-state index contributed by atoms with van der Waals surface area (Å²) in [5.41, 5.74) is 1.30. The van der Waals surface area contributed by atoms with Crippen molar-refractivity contribution >= 4 is 11.6 Å². The van der Waals surface area contributed by atoms with E-state index in [1.54, 1.807) is 24.4 Å². The van der Waals surface area contributed by atoms with Gasteiger partial charge in [-0.3, -0.25) is 4.68 Å². The summed E-state index contributed by atoms with van der Waals surface area (Å²) in [6, 6.07) is 10.1. The maximum atomic E-state index is 13.5. The van der Waals surface area contributed by atoms with E-state index in [0.717, 1.165) is 12.8 Å². The minimum atomic E-state index is -0.304. The van der Waals surface area contributed by atoms with Crippen LogP contribution >= 0.6 is 11.6 Å². The van der Waals surface area contributed by atoms with Gasteiger partial charge in [0.2, 0.25) is 0 Å². The first-order valence-electron chi connectivity index (χ1n) is 7.33. The Morgan fingerprint density at radius 1 is 1.22 bits per heavy atom. The van der Waals surface area contributed by atoms with Gasteiger partial charge in [-0.05, 0) is 31.0 Å². The van der Waals surface area contributed by atoms with Crippen molar-refractivity contribution < 1.29 is 9.13 Å². The van der Waals surface area contributed by atoms with Crippen LogP contribution in [-0.4, -0.2) is 14.8 Å². The Balaban J connectivity index is 1.75. The molecule has 0 saturated heterocycles. The molecule has 1 saturated carbocycles. The van der Waals surface area contributed by atoms with Crippen LogP contribution in [0.4, 0.5) is 4.39 Å². The Labute approximate surface area is 137 Å². The van der Waals surface area contributed by atoms with Crippen LogP contribution in [0.5, 0.6) is 11.5 Å². The van der Waals surface area contributed by atoms with Crippen LogP contribution in [0.15, 0.2) is 48.8 Å². The highest BCUT2D eigenvalue weighted by Gasteiger charge is 2.27. The van der Waals surface area contributed by atoms with Gasteiger partial charge in [-0.1, -0.05) is 23.7 Å². The molecule has 0 bridgehead atoms. The highest BCUT2D eigenvalue weighted by atomic mass is 35.5. The lowest BCUT2D eigenvalue weighted by Gasteiger charge is -2.05. The maximum Gasteiger partial charge on any atom is 0.173 e. The monoisotopic (exact) mass is 329 g/mol. The zero-order valence-corrected chi connectivity index (χ0v) is 12.9. The molecule has 1 aliphatic carbocycles. The predicted octanol–water partition coefficient (Wildman–Crippen LogP) is 4.86. The molecule has 1 fully saturated rings. The number of pyridine rings is 1. The minimum Gasteiger partial charge on any atom is -0.453 e. The maximum absolute atomic E-state index is 13.5. The molecule has 2 heterocycles. The van der Waals surface area contributed by atoms with Crippen molar-refractivity contribution in [2.24, 2.45) is 0 Å². The third-order valence-corrected chi connectivity index (χ3v) is 3.85. The van der Waals surface area contributed by atoms with Crippen LogP contribution < -0.4 is 4.74 Å². The van der Waals surface area contributed by atoms with Gasteiger partial charge in [0, 0.05) is 17.8 Å². The molecule has 0 spiro atoms. The highest BCUT2D eigenvalue weighted by Crippen LogP contribution is 2.39. The van der Waals surface area contributed by atoms with Gasteiger partial charge in [-0.2, -0.15) is 5.10 Å². The SMILES string of the molecule is Fc1cccc(-c2nn(C3CC3)cc2Oc2ccnc(Cl)c2)c1. The summed E-state index contributed by atoms with van der Waals surface area (Å²) in [4.78, 5) is 3.93. The van der Waals surface area contributed by atoms with E-state index >= 15 is 0 Å². The number of nitrogens with zero attached hydrogens (tertiary/aromatic N) is 3. The van der Waals surface area contributed by atoms with Gasteiger partial charge in [0.1, 0.15) is 22.4 Å². The Morgan fingerprint density at radius 3 is 2.83 bits per heavy atom. The van der Waals surface area contributed by atoms with E-state index in [1.807, 2.05) is 16.9 Å². The second kappa shape index (κ2) is 5.66. The Kier molecular flexibility index (Phi) is 3.50. The summed E-state index contributed by atoms with van der Waals surface area (Å²) >= 11 is 5.89. The van der Waals surface area contributed by atoms with Crippen LogP contribution in [0.1, 0.15) is 18.9 Å². The quantitative estimate of drug-likeness (QED) is 0.641. The Bertz CT molecular complexity index is 861.